The van der Waals surface area contributed by atoms with Gasteiger partial charge >= 0.3 is 0 Å². The summed E-state index contributed by atoms with van der Waals surface area (Å²) < 4.78 is 3.67. The highest BCUT2D eigenvalue weighted by Gasteiger charge is 2.09. The predicted molar refractivity (Wildman–Crippen MR) is 68.9 cm³/mol. The fraction of sp³-hybridized carbons (Fsp3) is 0.250. The number of nitrogens with one attached hydrogen (secondary N) is 1. The molecule has 1 N–H and O–H groups in total. The van der Waals surface area contributed by atoms with E-state index in [0.29, 0.717) is 0 Å². The minimum atomic E-state index is 0.728. The molecular weight excluding hydrogens is 228 g/mol. The molecule has 18 heavy (non-hydrogen) atoms. The quantitative estimate of drug-likeness (QED) is 0.757. The largest absolute Gasteiger partial charge is 0.369 e. The summed E-state index contributed by atoms with van der Waals surface area (Å²) >= 11 is 0. The van der Waals surface area contributed by atoms with Gasteiger partial charge in [0, 0.05) is 31.3 Å². The van der Waals surface area contributed by atoms with Crippen LogP contribution in [0.2, 0.25) is 0 Å². The van der Waals surface area contributed by atoms with Gasteiger partial charge in [-0.2, -0.15) is 5.10 Å². The minimum Gasteiger partial charge on any atom is -0.369 e. The highest BCUT2D eigenvalue weighted by atomic mass is 15.3. The standard InChI is InChI=1S/C12H14N6/c1-2-4-13-10-9-17-8-6-14-11(17)12(16-10)18-7-3-5-15-18/h3,5-9,13H,2,4H2,1H3. The molecule has 0 aliphatic heterocycles. The van der Waals surface area contributed by atoms with Gasteiger partial charge in [0.15, 0.2) is 11.5 Å². The van der Waals surface area contributed by atoms with Crippen LogP contribution in [0.4, 0.5) is 5.82 Å². The Hall–Kier alpha value is -2.37. The van der Waals surface area contributed by atoms with Crippen molar-refractivity contribution >= 4 is 11.5 Å². The van der Waals surface area contributed by atoms with Gasteiger partial charge in [0.2, 0.25) is 0 Å². The van der Waals surface area contributed by atoms with Crippen molar-refractivity contribution in [3.05, 3.63) is 37.1 Å². The lowest BCUT2D eigenvalue weighted by atomic mass is 10.4. The maximum absolute atomic E-state index is 4.56. The summed E-state index contributed by atoms with van der Waals surface area (Å²) in [5, 5.41) is 7.49. The predicted octanol–water partition coefficient (Wildman–Crippen LogP) is 1.74. The maximum Gasteiger partial charge on any atom is 0.199 e. The summed E-state index contributed by atoms with van der Waals surface area (Å²) in [6, 6.07) is 1.87. The zero-order valence-electron chi connectivity index (χ0n) is 10.1. The molecule has 0 saturated carbocycles. The third-order valence-corrected chi connectivity index (χ3v) is 2.63. The molecule has 3 heterocycles. The van der Waals surface area contributed by atoms with Crippen molar-refractivity contribution in [2.75, 3.05) is 11.9 Å². The molecule has 0 aliphatic rings. The van der Waals surface area contributed by atoms with Crippen LogP contribution in [-0.4, -0.2) is 30.7 Å². The van der Waals surface area contributed by atoms with Crippen molar-refractivity contribution in [1.29, 1.82) is 0 Å². The molecule has 0 spiro atoms. The average molecular weight is 242 g/mol. The van der Waals surface area contributed by atoms with Gasteiger partial charge in [0.25, 0.3) is 0 Å². The Labute approximate surface area is 104 Å². The van der Waals surface area contributed by atoms with Gasteiger partial charge in [-0.1, -0.05) is 6.92 Å². The lowest BCUT2D eigenvalue weighted by Gasteiger charge is -2.08. The first-order valence-electron chi connectivity index (χ1n) is 5.96. The number of hydrogen-bond acceptors (Lipinski definition) is 4. The van der Waals surface area contributed by atoms with Gasteiger partial charge < -0.3 is 9.72 Å². The van der Waals surface area contributed by atoms with Crippen molar-refractivity contribution < 1.29 is 0 Å². The number of fused-ring (bicyclic) bond motifs is 1. The zero-order valence-corrected chi connectivity index (χ0v) is 10.1. The van der Waals surface area contributed by atoms with Gasteiger partial charge in [0.1, 0.15) is 5.82 Å². The first-order valence-corrected chi connectivity index (χ1v) is 5.96. The Morgan fingerprint density at radius 3 is 3.00 bits per heavy atom. The molecule has 0 unspecified atom stereocenters. The average Bonchev–Trinajstić information content (AvgIpc) is 3.05. The summed E-state index contributed by atoms with van der Waals surface area (Å²) in [4.78, 5) is 8.87. The second-order valence-electron chi connectivity index (χ2n) is 3.99. The molecule has 0 amide bonds. The molecule has 0 bridgehead atoms. The zero-order chi connectivity index (χ0) is 12.4. The van der Waals surface area contributed by atoms with Crippen LogP contribution in [0.15, 0.2) is 37.1 Å². The minimum absolute atomic E-state index is 0.728. The van der Waals surface area contributed by atoms with E-state index in [4.69, 9.17) is 0 Å². The van der Waals surface area contributed by atoms with E-state index in [1.54, 1.807) is 17.1 Å². The number of imidazole rings is 1. The van der Waals surface area contributed by atoms with Gasteiger partial charge in [-0.05, 0) is 12.5 Å². The Morgan fingerprint density at radius 1 is 1.28 bits per heavy atom. The lowest BCUT2D eigenvalue weighted by Crippen LogP contribution is -2.08. The third kappa shape index (κ3) is 1.81. The van der Waals surface area contributed by atoms with Crippen molar-refractivity contribution in [3.63, 3.8) is 0 Å². The van der Waals surface area contributed by atoms with Crippen LogP contribution in [0.1, 0.15) is 13.3 Å². The number of aromatic nitrogens is 5. The molecule has 0 aromatic carbocycles. The first-order chi connectivity index (χ1) is 8.88. The monoisotopic (exact) mass is 242 g/mol. The smallest absolute Gasteiger partial charge is 0.199 e. The number of rotatable bonds is 4. The third-order valence-electron chi connectivity index (χ3n) is 2.63. The normalized spacial score (nSPS) is 10.9. The van der Waals surface area contributed by atoms with E-state index in [1.165, 1.54) is 0 Å². The maximum atomic E-state index is 4.56. The van der Waals surface area contributed by atoms with E-state index in [1.807, 2.05) is 29.1 Å². The molecule has 3 aromatic rings. The molecule has 0 fully saturated rings. The Bertz CT molecular complexity index is 640. The number of nitrogens with zero attached hydrogens (tertiary/aromatic N) is 5. The molecule has 6 heteroatoms. The number of anilines is 1. The summed E-state index contributed by atoms with van der Waals surface area (Å²) in [5.74, 6) is 1.55. The van der Waals surface area contributed by atoms with E-state index in [9.17, 15) is 0 Å². The Kier molecular flexibility index (Phi) is 2.68. The highest BCUT2D eigenvalue weighted by Crippen LogP contribution is 2.14. The summed E-state index contributed by atoms with van der Waals surface area (Å²) in [7, 11) is 0. The van der Waals surface area contributed by atoms with E-state index in [0.717, 1.165) is 30.2 Å². The van der Waals surface area contributed by atoms with E-state index in [2.05, 4.69) is 27.3 Å². The van der Waals surface area contributed by atoms with Crippen LogP contribution < -0.4 is 5.32 Å². The van der Waals surface area contributed by atoms with Crippen LogP contribution >= 0.6 is 0 Å². The van der Waals surface area contributed by atoms with Gasteiger partial charge in [-0.3, -0.25) is 0 Å². The first kappa shape index (κ1) is 10.8. The molecular formula is C12H14N6. The van der Waals surface area contributed by atoms with Crippen molar-refractivity contribution in [2.45, 2.75) is 13.3 Å². The van der Waals surface area contributed by atoms with Gasteiger partial charge in [0.05, 0.1) is 6.20 Å². The molecule has 0 saturated heterocycles. The second kappa shape index (κ2) is 4.48. The summed E-state index contributed by atoms with van der Waals surface area (Å²) in [5.41, 5.74) is 0.792. The van der Waals surface area contributed by atoms with Crippen molar-refractivity contribution in [3.8, 4) is 5.82 Å². The molecule has 0 atom stereocenters. The van der Waals surface area contributed by atoms with E-state index in [-0.39, 0.29) is 0 Å². The van der Waals surface area contributed by atoms with Crippen LogP contribution in [0.5, 0.6) is 0 Å². The van der Waals surface area contributed by atoms with E-state index >= 15 is 0 Å². The topological polar surface area (TPSA) is 60.0 Å². The van der Waals surface area contributed by atoms with Crippen molar-refractivity contribution in [1.82, 2.24) is 24.1 Å². The van der Waals surface area contributed by atoms with E-state index < -0.39 is 0 Å². The van der Waals surface area contributed by atoms with Gasteiger partial charge in [-0.15, -0.1) is 0 Å². The fourth-order valence-electron chi connectivity index (χ4n) is 1.80. The second-order valence-corrected chi connectivity index (χ2v) is 3.99. The Balaban J connectivity index is 2.12. The molecule has 6 nitrogen and oxygen atoms in total. The fourth-order valence-corrected chi connectivity index (χ4v) is 1.80. The molecule has 92 valence electrons. The van der Waals surface area contributed by atoms with Crippen LogP contribution in [0.3, 0.4) is 0 Å². The van der Waals surface area contributed by atoms with Crippen LogP contribution in [-0.2, 0) is 0 Å². The molecule has 0 aliphatic carbocycles. The van der Waals surface area contributed by atoms with Gasteiger partial charge in [-0.25, -0.2) is 14.6 Å². The van der Waals surface area contributed by atoms with Crippen LogP contribution in [0, 0.1) is 0 Å². The number of hydrogen-bond donors (Lipinski definition) is 1. The summed E-state index contributed by atoms with van der Waals surface area (Å²) in [6.45, 7) is 3.02. The molecule has 3 rings (SSSR count). The van der Waals surface area contributed by atoms with Crippen molar-refractivity contribution in [2.24, 2.45) is 0 Å². The lowest BCUT2D eigenvalue weighted by molar-refractivity contribution is 0.839. The van der Waals surface area contributed by atoms with Crippen LogP contribution in [0.25, 0.3) is 11.5 Å². The molecule has 3 aromatic heterocycles. The highest BCUT2D eigenvalue weighted by molar-refractivity contribution is 5.57. The SMILES string of the molecule is CCCNc1cn2ccnc2c(-n2cccn2)n1. The Morgan fingerprint density at radius 2 is 2.22 bits per heavy atom. The summed E-state index contributed by atoms with van der Waals surface area (Å²) in [6.07, 6.45) is 10.2. The molecule has 0 radical (unpaired) electrons.